The molecule has 0 atom stereocenters. The summed E-state index contributed by atoms with van der Waals surface area (Å²) >= 11 is 0. The van der Waals surface area contributed by atoms with Gasteiger partial charge in [0.05, 0.1) is 6.61 Å². The second kappa shape index (κ2) is 7.05. The van der Waals surface area contributed by atoms with Gasteiger partial charge >= 0.3 is 0 Å². The van der Waals surface area contributed by atoms with Crippen molar-refractivity contribution < 1.29 is 18.7 Å². The van der Waals surface area contributed by atoms with E-state index < -0.39 is 11.7 Å². The number of halogens is 1. The highest BCUT2D eigenvalue weighted by Crippen LogP contribution is 2.21. The first-order valence-corrected chi connectivity index (χ1v) is 7.20. The summed E-state index contributed by atoms with van der Waals surface area (Å²) in [7, 11) is 1.53. The highest BCUT2D eigenvalue weighted by molar-refractivity contribution is 6.03. The Labute approximate surface area is 137 Å². The minimum absolute atomic E-state index is 0.0991. The number of amides is 1. The Morgan fingerprint density at radius 3 is 3.00 bits per heavy atom. The molecule has 2 heterocycles. The van der Waals surface area contributed by atoms with Gasteiger partial charge in [-0.2, -0.15) is 0 Å². The number of rotatable bonds is 6. The quantitative estimate of drug-likeness (QED) is 0.701. The largest absolute Gasteiger partial charge is 0.488 e. The number of methoxy groups -OCH3 is 1. The monoisotopic (exact) mass is 330 g/mol. The third-order valence-electron chi connectivity index (χ3n) is 3.20. The highest BCUT2D eigenvalue weighted by Gasteiger charge is 2.13. The van der Waals surface area contributed by atoms with E-state index in [2.05, 4.69) is 15.3 Å². The average molecular weight is 330 g/mol. The molecule has 0 aliphatic heterocycles. The molecule has 2 aromatic heterocycles. The third-order valence-corrected chi connectivity index (χ3v) is 3.20. The van der Waals surface area contributed by atoms with Crippen molar-refractivity contribution in [2.24, 2.45) is 0 Å². The van der Waals surface area contributed by atoms with Crippen molar-refractivity contribution >= 4 is 17.4 Å². The van der Waals surface area contributed by atoms with Crippen LogP contribution in [-0.2, 0) is 4.74 Å². The molecule has 0 saturated carbocycles. The number of hydrogen-bond donors (Lipinski definition) is 1. The Morgan fingerprint density at radius 1 is 1.38 bits per heavy atom. The molecule has 8 heteroatoms. The zero-order valence-corrected chi connectivity index (χ0v) is 12.9. The third kappa shape index (κ3) is 3.49. The van der Waals surface area contributed by atoms with E-state index in [0.29, 0.717) is 18.1 Å². The van der Waals surface area contributed by atoms with E-state index in [1.54, 1.807) is 35.1 Å². The van der Waals surface area contributed by atoms with E-state index in [1.807, 2.05) is 0 Å². The Balaban J connectivity index is 1.70. The molecule has 0 aliphatic carbocycles. The Kier molecular flexibility index (Phi) is 4.66. The van der Waals surface area contributed by atoms with Crippen molar-refractivity contribution in [1.82, 2.24) is 14.4 Å². The van der Waals surface area contributed by atoms with E-state index in [1.165, 1.54) is 19.2 Å². The summed E-state index contributed by atoms with van der Waals surface area (Å²) in [5, 5.41) is 2.59. The summed E-state index contributed by atoms with van der Waals surface area (Å²) in [4.78, 5) is 20.3. The van der Waals surface area contributed by atoms with Crippen LogP contribution in [0.15, 0.2) is 42.9 Å². The fourth-order valence-electron chi connectivity index (χ4n) is 2.07. The lowest BCUT2D eigenvalue weighted by Crippen LogP contribution is -2.12. The maximum absolute atomic E-state index is 14.0. The molecular weight excluding hydrogens is 315 g/mol. The second-order valence-corrected chi connectivity index (χ2v) is 4.89. The molecule has 1 N–H and O–H groups in total. The van der Waals surface area contributed by atoms with Crippen LogP contribution in [-0.4, -0.2) is 40.6 Å². The van der Waals surface area contributed by atoms with E-state index in [9.17, 15) is 9.18 Å². The van der Waals surface area contributed by atoms with Crippen LogP contribution < -0.4 is 10.1 Å². The number of aromatic nitrogens is 3. The van der Waals surface area contributed by atoms with Crippen molar-refractivity contribution in [3.05, 3.63) is 54.4 Å². The molecule has 0 aliphatic rings. The van der Waals surface area contributed by atoms with Crippen molar-refractivity contribution in [2.45, 2.75) is 0 Å². The van der Waals surface area contributed by atoms with Gasteiger partial charge in [-0.1, -0.05) is 0 Å². The molecule has 1 aromatic carbocycles. The van der Waals surface area contributed by atoms with Gasteiger partial charge in [-0.25, -0.2) is 14.4 Å². The average Bonchev–Trinajstić information content (AvgIpc) is 3.01. The number of carbonyl (C=O) groups is 1. The maximum atomic E-state index is 14.0. The number of carbonyl (C=O) groups excluding carboxylic acids is 1. The van der Waals surface area contributed by atoms with Crippen molar-refractivity contribution in [1.29, 1.82) is 0 Å². The van der Waals surface area contributed by atoms with Crippen molar-refractivity contribution in [3.8, 4) is 5.75 Å². The number of hydrogen-bond acceptors (Lipinski definition) is 5. The Hall–Kier alpha value is -3.00. The number of ether oxygens (including phenoxy) is 2. The SMILES string of the molecule is COCCOc1ccc(NC(=O)c2cn3cccnc3n2)cc1F. The van der Waals surface area contributed by atoms with E-state index in [4.69, 9.17) is 9.47 Å². The number of fused-ring (bicyclic) bond motifs is 1. The first-order chi connectivity index (χ1) is 11.7. The van der Waals surface area contributed by atoms with Crippen LogP contribution in [0.1, 0.15) is 10.5 Å². The molecule has 0 bridgehead atoms. The normalized spacial score (nSPS) is 10.8. The summed E-state index contributed by atoms with van der Waals surface area (Å²) in [6.45, 7) is 0.604. The predicted octanol–water partition coefficient (Wildman–Crippen LogP) is 2.15. The number of nitrogens with zero attached hydrogens (tertiary/aromatic N) is 3. The topological polar surface area (TPSA) is 77.8 Å². The molecule has 3 rings (SSSR count). The first kappa shape index (κ1) is 15.9. The van der Waals surface area contributed by atoms with Crippen molar-refractivity contribution in [2.75, 3.05) is 25.6 Å². The fraction of sp³-hybridized carbons (Fsp3) is 0.188. The smallest absolute Gasteiger partial charge is 0.275 e. The lowest BCUT2D eigenvalue weighted by atomic mass is 10.2. The molecule has 7 nitrogen and oxygen atoms in total. The van der Waals surface area contributed by atoms with Crippen LogP contribution in [0.2, 0.25) is 0 Å². The van der Waals surface area contributed by atoms with Crippen LogP contribution in [0, 0.1) is 5.82 Å². The zero-order valence-electron chi connectivity index (χ0n) is 12.9. The molecule has 0 saturated heterocycles. The van der Waals surface area contributed by atoms with Gasteiger partial charge in [0.25, 0.3) is 5.91 Å². The molecule has 0 spiro atoms. The van der Waals surface area contributed by atoms with Gasteiger partial charge in [-0.3, -0.25) is 9.20 Å². The molecule has 3 aromatic rings. The van der Waals surface area contributed by atoms with Gasteiger partial charge in [0.1, 0.15) is 12.3 Å². The van der Waals surface area contributed by atoms with Gasteiger partial charge in [-0.15, -0.1) is 0 Å². The molecule has 0 fully saturated rings. The second-order valence-electron chi connectivity index (χ2n) is 4.89. The summed E-state index contributed by atoms with van der Waals surface area (Å²) in [6, 6.07) is 5.92. The summed E-state index contributed by atoms with van der Waals surface area (Å²) in [6.07, 6.45) is 4.87. The molecular formula is C16H15FN4O3. The summed E-state index contributed by atoms with van der Waals surface area (Å²) < 4.78 is 25.6. The summed E-state index contributed by atoms with van der Waals surface area (Å²) in [5.41, 5.74) is 0.496. The highest BCUT2D eigenvalue weighted by atomic mass is 19.1. The van der Waals surface area contributed by atoms with Gasteiger partial charge in [-0.05, 0) is 18.2 Å². The van der Waals surface area contributed by atoms with Crippen LogP contribution in [0.3, 0.4) is 0 Å². The maximum Gasteiger partial charge on any atom is 0.275 e. The molecule has 0 unspecified atom stereocenters. The predicted molar refractivity (Wildman–Crippen MR) is 84.7 cm³/mol. The van der Waals surface area contributed by atoms with Gasteiger partial charge < -0.3 is 14.8 Å². The van der Waals surface area contributed by atoms with Crippen LogP contribution in [0.4, 0.5) is 10.1 Å². The molecule has 1 amide bonds. The number of imidazole rings is 1. The van der Waals surface area contributed by atoms with Crippen LogP contribution in [0.5, 0.6) is 5.75 Å². The molecule has 0 radical (unpaired) electrons. The van der Waals surface area contributed by atoms with E-state index >= 15 is 0 Å². The zero-order chi connectivity index (χ0) is 16.9. The minimum Gasteiger partial charge on any atom is -0.488 e. The summed E-state index contributed by atoms with van der Waals surface area (Å²) in [5.74, 6) is -0.508. The van der Waals surface area contributed by atoms with Gasteiger partial charge in [0.2, 0.25) is 5.78 Å². The van der Waals surface area contributed by atoms with Crippen LogP contribution >= 0.6 is 0 Å². The Morgan fingerprint density at radius 2 is 2.25 bits per heavy atom. The van der Waals surface area contributed by atoms with Gasteiger partial charge in [0.15, 0.2) is 11.6 Å². The lowest BCUT2D eigenvalue weighted by Gasteiger charge is -2.08. The van der Waals surface area contributed by atoms with Crippen LogP contribution in [0.25, 0.3) is 5.78 Å². The molecule has 24 heavy (non-hydrogen) atoms. The number of benzene rings is 1. The number of anilines is 1. The standard InChI is InChI=1S/C16H15FN4O3/c1-23-7-8-24-14-4-3-11(9-12(14)17)19-15(22)13-10-21-6-2-5-18-16(21)20-13/h2-6,9-10H,7-8H2,1H3,(H,19,22). The Bertz CT molecular complexity index is 832. The van der Waals surface area contributed by atoms with Crippen molar-refractivity contribution in [3.63, 3.8) is 0 Å². The van der Waals surface area contributed by atoms with E-state index in [0.717, 1.165) is 0 Å². The fourth-order valence-corrected chi connectivity index (χ4v) is 2.07. The lowest BCUT2D eigenvalue weighted by molar-refractivity contribution is 0.102. The van der Waals surface area contributed by atoms with Gasteiger partial charge in [0, 0.05) is 37.5 Å². The number of nitrogens with one attached hydrogen (secondary N) is 1. The van der Waals surface area contributed by atoms with E-state index in [-0.39, 0.29) is 18.1 Å². The molecule has 124 valence electrons. The first-order valence-electron chi connectivity index (χ1n) is 7.20. The minimum atomic E-state index is -0.569.